The molecule has 1 aromatic carbocycles. The number of alkyl halides is 3. The van der Waals surface area contributed by atoms with E-state index in [-0.39, 0.29) is 16.5 Å². The highest BCUT2D eigenvalue weighted by Crippen LogP contribution is 2.33. The van der Waals surface area contributed by atoms with Crippen LogP contribution in [-0.2, 0) is 17.4 Å². The van der Waals surface area contributed by atoms with Gasteiger partial charge in [-0.25, -0.2) is 0 Å². The third-order valence-corrected chi connectivity index (χ3v) is 4.32. The molecule has 24 heavy (non-hydrogen) atoms. The predicted molar refractivity (Wildman–Crippen MR) is 90.3 cm³/mol. The first-order valence-electron chi connectivity index (χ1n) is 7.00. The molecule has 8 heteroatoms. The molecule has 0 saturated heterocycles. The van der Waals surface area contributed by atoms with Crippen LogP contribution in [0.5, 0.6) is 0 Å². The van der Waals surface area contributed by atoms with E-state index in [2.05, 4.69) is 10.3 Å². The number of pyridine rings is 1. The number of benzene rings is 1. The van der Waals surface area contributed by atoms with Crippen LogP contribution in [0.4, 0.5) is 18.9 Å². The normalized spacial score (nSPS) is 11.3. The largest absolute Gasteiger partial charge is 0.416 e. The average Bonchev–Trinajstić information content (AvgIpc) is 2.53. The lowest BCUT2D eigenvalue weighted by Crippen LogP contribution is -2.16. The molecule has 3 nitrogen and oxygen atoms in total. The number of anilines is 1. The Bertz CT molecular complexity index is 695. The van der Waals surface area contributed by atoms with Crippen LogP contribution in [0.15, 0.2) is 42.6 Å². The highest BCUT2D eigenvalue weighted by atomic mass is 35.5. The second-order valence-corrected chi connectivity index (χ2v) is 6.38. The molecule has 1 aromatic heterocycles. The van der Waals surface area contributed by atoms with Crippen LogP contribution in [0, 0.1) is 0 Å². The Hall–Kier alpha value is -1.73. The highest BCUT2D eigenvalue weighted by Gasteiger charge is 2.31. The van der Waals surface area contributed by atoms with Crippen molar-refractivity contribution in [3.63, 3.8) is 0 Å². The predicted octanol–water partition coefficient (Wildman–Crippen LogP) is 4.67. The van der Waals surface area contributed by atoms with E-state index in [1.165, 1.54) is 11.8 Å². The zero-order valence-corrected chi connectivity index (χ0v) is 14.0. The zero-order chi connectivity index (χ0) is 17.6. The Morgan fingerprint density at radius 3 is 2.71 bits per heavy atom. The van der Waals surface area contributed by atoms with Gasteiger partial charge in [0.1, 0.15) is 0 Å². The molecule has 0 bridgehead atoms. The number of nitrogens with zero attached hydrogens (tertiary/aromatic N) is 1. The van der Waals surface area contributed by atoms with Crippen molar-refractivity contribution in [3.8, 4) is 0 Å². The average molecular weight is 375 g/mol. The lowest BCUT2D eigenvalue weighted by Gasteiger charge is -2.11. The number of hydrogen-bond donors (Lipinski definition) is 1. The molecule has 0 saturated carbocycles. The van der Waals surface area contributed by atoms with E-state index < -0.39 is 17.6 Å². The van der Waals surface area contributed by atoms with Crippen LogP contribution in [0.2, 0.25) is 5.02 Å². The maximum absolute atomic E-state index is 12.7. The van der Waals surface area contributed by atoms with E-state index in [1.54, 1.807) is 6.20 Å². The fourth-order valence-electron chi connectivity index (χ4n) is 1.87. The summed E-state index contributed by atoms with van der Waals surface area (Å²) in [7, 11) is 0. The Morgan fingerprint density at radius 1 is 1.25 bits per heavy atom. The molecule has 0 radical (unpaired) electrons. The smallest absolute Gasteiger partial charge is 0.324 e. The second-order valence-electron chi connectivity index (χ2n) is 4.86. The third-order valence-electron chi connectivity index (χ3n) is 3.03. The topological polar surface area (TPSA) is 42.0 Å². The fraction of sp³-hybridized carbons (Fsp3) is 0.250. The molecule has 2 aromatic rings. The van der Waals surface area contributed by atoms with Crippen molar-refractivity contribution >= 4 is 35.0 Å². The first-order valence-corrected chi connectivity index (χ1v) is 8.54. The molecular formula is C16H14ClF3N2OS. The van der Waals surface area contributed by atoms with Gasteiger partial charge < -0.3 is 5.32 Å². The molecule has 0 fully saturated rings. The summed E-state index contributed by atoms with van der Waals surface area (Å²) in [4.78, 5) is 16.0. The second kappa shape index (κ2) is 8.39. The van der Waals surface area contributed by atoms with Gasteiger partial charge in [-0.15, -0.1) is 0 Å². The van der Waals surface area contributed by atoms with Crippen LogP contribution in [0.3, 0.4) is 0 Å². The standard InChI is InChI=1S/C16H14ClF3N2OS/c17-13-5-4-11(16(18,19)20)9-14(13)22-15(23)10-24-8-6-12-3-1-2-7-21-12/h1-5,7,9H,6,8,10H2,(H,22,23). The van der Waals surface area contributed by atoms with Gasteiger partial charge in [-0.05, 0) is 42.5 Å². The summed E-state index contributed by atoms with van der Waals surface area (Å²) < 4.78 is 38.0. The molecule has 2 rings (SSSR count). The number of carbonyl (C=O) groups excluding carboxylic acids is 1. The van der Waals surface area contributed by atoms with Gasteiger partial charge in [0.2, 0.25) is 5.91 Å². The summed E-state index contributed by atoms with van der Waals surface area (Å²) in [6, 6.07) is 8.42. The lowest BCUT2D eigenvalue weighted by molar-refractivity contribution is -0.137. The molecular weight excluding hydrogens is 361 g/mol. The van der Waals surface area contributed by atoms with Gasteiger partial charge in [0, 0.05) is 11.9 Å². The Labute approximate surface area is 146 Å². The quantitative estimate of drug-likeness (QED) is 0.747. The lowest BCUT2D eigenvalue weighted by atomic mass is 10.2. The Kier molecular flexibility index (Phi) is 6.51. The van der Waals surface area contributed by atoms with Crippen molar-refractivity contribution in [1.82, 2.24) is 4.98 Å². The summed E-state index contributed by atoms with van der Waals surface area (Å²) >= 11 is 7.21. The van der Waals surface area contributed by atoms with Gasteiger partial charge in [-0.1, -0.05) is 17.7 Å². The molecule has 0 unspecified atom stereocenters. The van der Waals surface area contributed by atoms with E-state index in [9.17, 15) is 18.0 Å². The summed E-state index contributed by atoms with van der Waals surface area (Å²) in [5.74, 6) is 0.405. The SMILES string of the molecule is O=C(CSCCc1ccccn1)Nc1cc(C(F)(F)F)ccc1Cl. The molecule has 0 aliphatic heterocycles. The van der Waals surface area contributed by atoms with Crippen molar-refractivity contribution < 1.29 is 18.0 Å². The van der Waals surface area contributed by atoms with Crippen molar-refractivity contribution in [2.75, 3.05) is 16.8 Å². The van der Waals surface area contributed by atoms with Crippen molar-refractivity contribution in [3.05, 3.63) is 58.9 Å². The van der Waals surface area contributed by atoms with Gasteiger partial charge in [-0.3, -0.25) is 9.78 Å². The van der Waals surface area contributed by atoms with Crippen LogP contribution in [0.25, 0.3) is 0 Å². The first kappa shape index (κ1) is 18.6. The number of carbonyl (C=O) groups is 1. The van der Waals surface area contributed by atoms with Crippen molar-refractivity contribution in [2.24, 2.45) is 0 Å². The number of aromatic nitrogens is 1. The zero-order valence-electron chi connectivity index (χ0n) is 12.4. The minimum Gasteiger partial charge on any atom is -0.324 e. The minimum absolute atomic E-state index is 0.0400. The Balaban J connectivity index is 1.84. The molecule has 1 amide bonds. The van der Waals surface area contributed by atoms with Gasteiger partial charge in [0.25, 0.3) is 0 Å². The number of rotatable bonds is 6. The minimum atomic E-state index is -4.48. The van der Waals surface area contributed by atoms with Gasteiger partial charge in [0.15, 0.2) is 0 Å². The first-order chi connectivity index (χ1) is 11.4. The number of thioether (sulfide) groups is 1. The number of halogens is 4. The summed E-state index contributed by atoms with van der Waals surface area (Å²) in [5.41, 5.74) is 0.0261. The summed E-state index contributed by atoms with van der Waals surface area (Å²) in [5, 5.41) is 2.48. The monoisotopic (exact) mass is 374 g/mol. The van der Waals surface area contributed by atoms with Gasteiger partial charge >= 0.3 is 6.18 Å². The number of amides is 1. The van der Waals surface area contributed by atoms with E-state index >= 15 is 0 Å². The number of hydrogen-bond acceptors (Lipinski definition) is 3. The van der Waals surface area contributed by atoms with E-state index in [1.807, 2.05) is 18.2 Å². The summed E-state index contributed by atoms with van der Waals surface area (Å²) in [6.07, 6.45) is -2.08. The molecule has 1 heterocycles. The van der Waals surface area contributed by atoms with Gasteiger partial charge in [-0.2, -0.15) is 24.9 Å². The van der Waals surface area contributed by atoms with Crippen LogP contribution >= 0.6 is 23.4 Å². The van der Waals surface area contributed by atoms with Crippen molar-refractivity contribution in [2.45, 2.75) is 12.6 Å². The summed E-state index contributed by atoms with van der Waals surface area (Å²) in [6.45, 7) is 0. The fourth-order valence-corrected chi connectivity index (χ4v) is 2.79. The van der Waals surface area contributed by atoms with Crippen molar-refractivity contribution in [1.29, 1.82) is 0 Å². The molecule has 1 N–H and O–H groups in total. The third kappa shape index (κ3) is 5.72. The van der Waals surface area contributed by atoms with Crippen LogP contribution in [0.1, 0.15) is 11.3 Å². The van der Waals surface area contributed by atoms with Gasteiger partial charge in [0.05, 0.1) is 22.0 Å². The number of nitrogens with one attached hydrogen (secondary N) is 1. The molecule has 0 spiro atoms. The van der Waals surface area contributed by atoms with E-state index in [4.69, 9.17) is 11.6 Å². The molecule has 0 atom stereocenters. The number of aryl methyl sites for hydroxylation is 1. The van der Waals surface area contributed by atoms with E-state index in [0.29, 0.717) is 12.2 Å². The maximum Gasteiger partial charge on any atom is 0.416 e. The molecule has 0 aliphatic carbocycles. The maximum atomic E-state index is 12.7. The highest BCUT2D eigenvalue weighted by molar-refractivity contribution is 7.99. The Morgan fingerprint density at radius 2 is 2.04 bits per heavy atom. The molecule has 128 valence electrons. The van der Waals surface area contributed by atoms with Crippen LogP contribution < -0.4 is 5.32 Å². The van der Waals surface area contributed by atoms with Crippen LogP contribution in [-0.4, -0.2) is 22.4 Å². The van der Waals surface area contributed by atoms with E-state index in [0.717, 1.165) is 23.9 Å². The molecule has 0 aliphatic rings.